The zero-order valence-electron chi connectivity index (χ0n) is 13.0. The predicted molar refractivity (Wildman–Crippen MR) is 82.8 cm³/mol. The monoisotopic (exact) mass is 346 g/mol. The highest BCUT2D eigenvalue weighted by molar-refractivity contribution is 7.99. The van der Waals surface area contributed by atoms with Crippen LogP contribution in [0.25, 0.3) is 11.0 Å². The van der Waals surface area contributed by atoms with Crippen LogP contribution >= 0.6 is 11.8 Å². The molecule has 0 unspecified atom stereocenters. The number of carbonyl (C=O) groups excluding carboxylic acids is 1. The Morgan fingerprint density at radius 2 is 2.00 bits per heavy atom. The van der Waals surface area contributed by atoms with E-state index >= 15 is 0 Å². The lowest BCUT2D eigenvalue weighted by molar-refractivity contribution is -0.146. The van der Waals surface area contributed by atoms with E-state index in [0.717, 1.165) is 4.57 Å². The van der Waals surface area contributed by atoms with Crippen LogP contribution in [0.1, 0.15) is 37.0 Å². The molecule has 0 aliphatic carbocycles. The van der Waals surface area contributed by atoms with Crippen LogP contribution in [0.4, 0.5) is 13.2 Å². The smallest absolute Gasteiger partial charge is 0.449 e. The Morgan fingerprint density at radius 1 is 1.30 bits per heavy atom. The Hall–Kier alpha value is -1.70. The molecule has 1 heterocycles. The molecule has 1 aromatic heterocycles. The molecule has 2 aromatic rings. The van der Waals surface area contributed by atoms with E-state index in [0.29, 0.717) is 16.2 Å². The maximum absolute atomic E-state index is 13.1. The van der Waals surface area contributed by atoms with Gasteiger partial charge in [-0.1, -0.05) is 6.92 Å². The number of ether oxygens (including phenoxy) is 1. The summed E-state index contributed by atoms with van der Waals surface area (Å²) in [5.41, 5.74) is 0.757. The summed E-state index contributed by atoms with van der Waals surface area (Å²) in [6, 6.07) is 2.97. The van der Waals surface area contributed by atoms with Gasteiger partial charge >= 0.3 is 12.1 Å². The van der Waals surface area contributed by atoms with Crippen LogP contribution in [0, 0.1) is 0 Å². The second-order valence-electron chi connectivity index (χ2n) is 4.67. The summed E-state index contributed by atoms with van der Waals surface area (Å²) in [7, 11) is 0. The van der Waals surface area contributed by atoms with Crippen molar-refractivity contribution in [2.45, 2.75) is 38.4 Å². The molecule has 23 heavy (non-hydrogen) atoms. The molecule has 0 saturated heterocycles. The predicted octanol–water partition coefficient (Wildman–Crippen LogP) is 4.36. The first-order valence-corrected chi connectivity index (χ1v) is 8.23. The molecule has 1 aromatic carbocycles. The van der Waals surface area contributed by atoms with Crippen LogP contribution in [0.15, 0.2) is 17.0 Å². The van der Waals surface area contributed by atoms with Crippen LogP contribution in [0.5, 0.6) is 0 Å². The lowest BCUT2D eigenvalue weighted by atomic mass is 10.2. The highest BCUT2D eigenvalue weighted by Gasteiger charge is 2.37. The van der Waals surface area contributed by atoms with Crippen LogP contribution in [-0.2, 0) is 17.5 Å². The number of thioether (sulfide) groups is 1. The van der Waals surface area contributed by atoms with Gasteiger partial charge in [-0.3, -0.25) is 0 Å². The third-order valence-electron chi connectivity index (χ3n) is 3.21. The normalized spacial score (nSPS) is 11.9. The summed E-state index contributed by atoms with van der Waals surface area (Å²) in [6.07, 6.45) is -4.54. The van der Waals surface area contributed by atoms with E-state index in [1.165, 1.54) is 17.8 Å². The number of imidazole rings is 1. The molecule has 0 bridgehead atoms. The van der Waals surface area contributed by atoms with Gasteiger partial charge in [0.1, 0.15) is 0 Å². The second kappa shape index (κ2) is 6.82. The number of hydrogen-bond donors (Lipinski definition) is 0. The van der Waals surface area contributed by atoms with E-state index in [1.807, 2.05) is 6.92 Å². The maximum Gasteiger partial charge on any atom is 0.449 e. The molecule has 0 spiro atoms. The first kappa shape index (κ1) is 17.7. The number of alkyl halides is 3. The van der Waals surface area contributed by atoms with Crippen LogP contribution in [0.3, 0.4) is 0 Å². The average Bonchev–Trinajstić information content (AvgIpc) is 2.84. The fourth-order valence-electron chi connectivity index (χ4n) is 2.33. The highest BCUT2D eigenvalue weighted by atomic mass is 32.2. The van der Waals surface area contributed by atoms with E-state index in [2.05, 4.69) is 4.98 Å². The summed E-state index contributed by atoms with van der Waals surface area (Å²) >= 11 is 1.38. The van der Waals surface area contributed by atoms with Gasteiger partial charge in [-0.2, -0.15) is 13.2 Å². The van der Waals surface area contributed by atoms with Crippen molar-refractivity contribution >= 4 is 28.8 Å². The minimum Gasteiger partial charge on any atom is -0.462 e. The Kier molecular flexibility index (Phi) is 5.23. The lowest BCUT2D eigenvalue weighted by Gasteiger charge is -2.10. The van der Waals surface area contributed by atoms with Crippen molar-refractivity contribution in [1.82, 2.24) is 9.55 Å². The lowest BCUT2D eigenvalue weighted by Crippen LogP contribution is -2.14. The first-order valence-electron chi connectivity index (χ1n) is 7.24. The fourth-order valence-corrected chi connectivity index (χ4v) is 3.14. The molecule has 126 valence electrons. The number of esters is 1. The van der Waals surface area contributed by atoms with E-state index in [9.17, 15) is 18.0 Å². The summed E-state index contributed by atoms with van der Waals surface area (Å²) in [4.78, 5) is 16.3. The molecule has 0 amide bonds. The number of halogens is 3. The van der Waals surface area contributed by atoms with Gasteiger partial charge in [0.15, 0.2) is 0 Å². The third-order valence-corrected chi connectivity index (χ3v) is 4.15. The van der Waals surface area contributed by atoms with Crippen LogP contribution in [0.2, 0.25) is 0 Å². The van der Waals surface area contributed by atoms with Gasteiger partial charge in [0.2, 0.25) is 5.82 Å². The number of aromatic nitrogens is 2. The summed E-state index contributed by atoms with van der Waals surface area (Å²) < 4.78 is 45.5. The molecule has 4 nitrogen and oxygen atoms in total. The van der Waals surface area contributed by atoms with E-state index in [4.69, 9.17) is 4.74 Å². The van der Waals surface area contributed by atoms with E-state index < -0.39 is 18.0 Å². The molecule has 0 aliphatic rings. The fraction of sp³-hybridized carbons (Fsp3) is 0.467. The average molecular weight is 346 g/mol. The van der Waals surface area contributed by atoms with E-state index in [1.54, 1.807) is 19.9 Å². The minimum atomic E-state index is -4.54. The Labute approximate surface area is 136 Å². The second-order valence-corrected chi connectivity index (χ2v) is 5.97. The van der Waals surface area contributed by atoms with Crippen molar-refractivity contribution in [3.05, 3.63) is 23.5 Å². The molecule has 0 fully saturated rings. The molecule has 0 saturated carbocycles. The highest BCUT2D eigenvalue weighted by Crippen LogP contribution is 2.34. The van der Waals surface area contributed by atoms with Gasteiger partial charge in [-0.05, 0) is 31.7 Å². The Bertz CT molecular complexity index is 726. The topological polar surface area (TPSA) is 44.1 Å². The number of carbonyl (C=O) groups is 1. The number of hydrogen-bond acceptors (Lipinski definition) is 4. The molecular weight excluding hydrogens is 329 g/mol. The van der Waals surface area contributed by atoms with E-state index in [-0.39, 0.29) is 24.2 Å². The molecule has 0 radical (unpaired) electrons. The maximum atomic E-state index is 13.1. The molecule has 0 atom stereocenters. The molecule has 0 aliphatic heterocycles. The Balaban J connectivity index is 2.70. The zero-order valence-corrected chi connectivity index (χ0v) is 13.8. The quantitative estimate of drug-likeness (QED) is 0.596. The number of fused-ring (bicyclic) bond motifs is 1. The van der Waals surface area contributed by atoms with Gasteiger partial charge < -0.3 is 9.30 Å². The van der Waals surface area contributed by atoms with Gasteiger partial charge in [0.05, 0.1) is 23.2 Å². The molecule has 2 rings (SSSR count). The number of rotatable bonds is 5. The van der Waals surface area contributed by atoms with Crippen molar-refractivity contribution in [3.8, 4) is 0 Å². The van der Waals surface area contributed by atoms with Gasteiger partial charge in [0.25, 0.3) is 0 Å². The first-order chi connectivity index (χ1) is 10.8. The van der Waals surface area contributed by atoms with Crippen molar-refractivity contribution in [2.24, 2.45) is 0 Å². The van der Waals surface area contributed by atoms with Crippen LogP contribution in [-0.4, -0.2) is 27.9 Å². The number of benzene rings is 1. The van der Waals surface area contributed by atoms with Gasteiger partial charge in [-0.25, -0.2) is 9.78 Å². The SMILES string of the molecule is CCOC(=O)c1cc2nc(C(F)(F)F)n(CC)c2cc1SCC. The minimum absolute atomic E-state index is 0.139. The third kappa shape index (κ3) is 3.46. The molecule has 8 heteroatoms. The number of aryl methyl sites for hydroxylation is 1. The van der Waals surface area contributed by atoms with Crippen molar-refractivity contribution in [1.29, 1.82) is 0 Å². The Morgan fingerprint density at radius 3 is 2.52 bits per heavy atom. The van der Waals surface area contributed by atoms with Crippen LogP contribution < -0.4 is 0 Å². The van der Waals surface area contributed by atoms with Crippen molar-refractivity contribution in [2.75, 3.05) is 12.4 Å². The zero-order chi connectivity index (χ0) is 17.2. The largest absolute Gasteiger partial charge is 0.462 e. The van der Waals surface area contributed by atoms with Crippen molar-refractivity contribution < 1.29 is 22.7 Å². The molecular formula is C15H17F3N2O2S. The summed E-state index contributed by atoms with van der Waals surface area (Å²) in [5, 5.41) is 0. The van der Waals surface area contributed by atoms with Gasteiger partial charge in [0, 0.05) is 11.4 Å². The van der Waals surface area contributed by atoms with Crippen molar-refractivity contribution in [3.63, 3.8) is 0 Å². The standard InChI is InChI=1S/C15H17F3N2O2S/c1-4-20-11-8-12(23-6-3)9(13(21)22-5-2)7-10(11)19-14(20)15(16,17)18/h7-8H,4-6H2,1-3H3. The molecule has 0 N–H and O–H groups in total. The number of nitrogens with zero attached hydrogens (tertiary/aromatic N) is 2. The summed E-state index contributed by atoms with van der Waals surface area (Å²) in [6.45, 7) is 5.55. The van der Waals surface area contributed by atoms with Gasteiger partial charge in [-0.15, -0.1) is 11.8 Å². The summed E-state index contributed by atoms with van der Waals surface area (Å²) in [5.74, 6) is -0.821.